The standard InChI is InChI=1S/C13H14BrNO3/c1-13(2,7-15)9-6-11(17-3)10(14)5-8(9)12(16)18-4/h5-6H,1-4H3. The Hall–Kier alpha value is -1.54. The summed E-state index contributed by atoms with van der Waals surface area (Å²) in [6, 6.07) is 5.46. The van der Waals surface area contributed by atoms with Crippen LogP contribution in [0.1, 0.15) is 29.8 Å². The lowest BCUT2D eigenvalue weighted by Crippen LogP contribution is -2.19. The van der Waals surface area contributed by atoms with Gasteiger partial charge in [-0.1, -0.05) is 0 Å². The molecule has 0 aromatic heterocycles. The van der Waals surface area contributed by atoms with E-state index in [4.69, 9.17) is 9.47 Å². The van der Waals surface area contributed by atoms with Crippen molar-refractivity contribution < 1.29 is 14.3 Å². The molecule has 1 aromatic rings. The van der Waals surface area contributed by atoms with E-state index in [0.717, 1.165) is 0 Å². The van der Waals surface area contributed by atoms with E-state index in [0.29, 0.717) is 21.3 Å². The van der Waals surface area contributed by atoms with E-state index >= 15 is 0 Å². The maximum Gasteiger partial charge on any atom is 0.338 e. The van der Waals surface area contributed by atoms with Crippen molar-refractivity contribution in [2.75, 3.05) is 14.2 Å². The number of esters is 1. The quantitative estimate of drug-likeness (QED) is 0.805. The first kappa shape index (κ1) is 14.5. The zero-order chi connectivity index (χ0) is 13.9. The fraction of sp³-hybridized carbons (Fsp3) is 0.385. The van der Waals surface area contributed by atoms with Crippen molar-refractivity contribution in [3.8, 4) is 11.8 Å². The molecule has 0 aliphatic carbocycles. The highest BCUT2D eigenvalue weighted by Gasteiger charge is 2.28. The average Bonchev–Trinajstić information content (AvgIpc) is 2.37. The van der Waals surface area contributed by atoms with Crippen molar-refractivity contribution in [3.05, 3.63) is 27.7 Å². The summed E-state index contributed by atoms with van der Waals surface area (Å²) >= 11 is 3.31. The predicted molar refractivity (Wildman–Crippen MR) is 70.7 cm³/mol. The topological polar surface area (TPSA) is 59.3 Å². The number of nitriles is 1. The molecule has 0 spiro atoms. The van der Waals surface area contributed by atoms with Crippen LogP contribution in [0, 0.1) is 11.3 Å². The molecular formula is C13H14BrNO3. The largest absolute Gasteiger partial charge is 0.496 e. The third-order valence-electron chi connectivity index (χ3n) is 2.65. The summed E-state index contributed by atoms with van der Waals surface area (Å²) in [6.45, 7) is 3.48. The zero-order valence-electron chi connectivity index (χ0n) is 10.7. The lowest BCUT2D eigenvalue weighted by molar-refractivity contribution is 0.0598. The Labute approximate surface area is 115 Å². The summed E-state index contributed by atoms with van der Waals surface area (Å²) in [5.41, 5.74) is 0.131. The zero-order valence-corrected chi connectivity index (χ0v) is 12.3. The van der Waals surface area contributed by atoms with Gasteiger partial charge in [0.05, 0.1) is 35.7 Å². The van der Waals surface area contributed by atoms with Crippen LogP contribution in [-0.2, 0) is 10.2 Å². The molecule has 0 saturated carbocycles. The smallest absolute Gasteiger partial charge is 0.338 e. The molecule has 1 rings (SSSR count). The summed E-state index contributed by atoms with van der Waals surface area (Å²) in [6.07, 6.45) is 0. The molecule has 0 amide bonds. The van der Waals surface area contributed by atoms with Gasteiger partial charge in [0.25, 0.3) is 0 Å². The van der Waals surface area contributed by atoms with Crippen LogP contribution < -0.4 is 4.74 Å². The number of nitrogens with zero attached hydrogens (tertiary/aromatic N) is 1. The van der Waals surface area contributed by atoms with Gasteiger partial charge in [0, 0.05) is 0 Å². The third kappa shape index (κ3) is 2.65. The Balaban J connectivity index is 3.56. The molecule has 0 atom stereocenters. The Bertz CT molecular complexity index is 518. The maximum absolute atomic E-state index is 11.8. The number of carbonyl (C=O) groups is 1. The summed E-state index contributed by atoms with van der Waals surface area (Å²) in [7, 11) is 2.84. The SMILES string of the molecule is COC(=O)c1cc(Br)c(OC)cc1C(C)(C)C#N. The van der Waals surface area contributed by atoms with Crippen LogP contribution in [0.5, 0.6) is 5.75 Å². The van der Waals surface area contributed by atoms with Gasteiger partial charge in [-0.2, -0.15) is 5.26 Å². The van der Waals surface area contributed by atoms with E-state index < -0.39 is 11.4 Å². The lowest BCUT2D eigenvalue weighted by atomic mass is 9.83. The molecule has 96 valence electrons. The summed E-state index contributed by atoms with van der Waals surface area (Å²) in [5.74, 6) is 0.0951. The van der Waals surface area contributed by atoms with Crippen LogP contribution in [0.4, 0.5) is 0 Å². The van der Waals surface area contributed by atoms with Crippen molar-refractivity contribution in [3.63, 3.8) is 0 Å². The minimum Gasteiger partial charge on any atom is -0.496 e. The highest BCUT2D eigenvalue weighted by atomic mass is 79.9. The molecule has 1 aromatic carbocycles. The number of carbonyl (C=O) groups excluding carboxylic acids is 1. The van der Waals surface area contributed by atoms with Gasteiger partial charge >= 0.3 is 5.97 Å². The number of hydrogen-bond acceptors (Lipinski definition) is 4. The second-order valence-corrected chi connectivity index (χ2v) is 5.12. The summed E-state index contributed by atoms with van der Waals surface area (Å²) in [5, 5.41) is 9.20. The lowest BCUT2D eigenvalue weighted by Gasteiger charge is -2.20. The second kappa shape index (κ2) is 5.40. The predicted octanol–water partition coefficient (Wildman–Crippen LogP) is 3.05. The van der Waals surface area contributed by atoms with Crippen LogP contribution in [0.15, 0.2) is 16.6 Å². The van der Waals surface area contributed by atoms with Gasteiger partial charge in [-0.25, -0.2) is 4.79 Å². The molecule has 0 unspecified atom stereocenters. The molecule has 0 radical (unpaired) electrons. The van der Waals surface area contributed by atoms with Gasteiger partial charge in [-0.3, -0.25) is 0 Å². The van der Waals surface area contributed by atoms with E-state index in [9.17, 15) is 10.1 Å². The van der Waals surface area contributed by atoms with Gasteiger partial charge < -0.3 is 9.47 Å². The van der Waals surface area contributed by atoms with Gasteiger partial charge in [0.1, 0.15) is 5.75 Å². The number of ether oxygens (including phenoxy) is 2. The molecule has 0 N–H and O–H groups in total. The van der Waals surface area contributed by atoms with Crippen molar-refractivity contribution in [2.24, 2.45) is 0 Å². The van der Waals surface area contributed by atoms with Crippen LogP contribution in [0.2, 0.25) is 0 Å². The van der Waals surface area contributed by atoms with Gasteiger partial charge in [-0.05, 0) is 47.5 Å². The minimum atomic E-state index is -0.808. The van der Waals surface area contributed by atoms with Crippen molar-refractivity contribution in [2.45, 2.75) is 19.3 Å². The van der Waals surface area contributed by atoms with E-state index in [-0.39, 0.29) is 0 Å². The van der Waals surface area contributed by atoms with Crippen molar-refractivity contribution in [1.82, 2.24) is 0 Å². The van der Waals surface area contributed by atoms with E-state index in [1.54, 1.807) is 26.0 Å². The number of hydrogen-bond donors (Lipinski definition) is 0. The Kier molecular flexibility index (Phi) is 4.36. The van der Waals surface area contributed by atoms with Crippen LogP contribution in [0.3, 0.4) is 0 Å². The molecule has 0 saturated heterocycles. The first-order valence-corrected chi connectivity index (χ1v) is 6.04. The monoisotopic (exact) mass is 311 g/mol. The van der Waals surface area contributed by atoms with Crippen LogP contribution in [0.25, 0.3) is 0 Å². The van der Waals surface area contributed by atoms with Crippen molar-refractivity contribution >= 4 is 21.9 Å². The number of benzene rings is 1. The molecule has 0 heterocycles. The highest BCUT2D eigenvalue weighted by molar-refractivity contribution is 9.10. The molecule has 4 nitrogen and oxygen atoms in total. The third-order valence-corrected chi connectivity index (χ3v) is 3.27. The Morgan fingerprint density at radius 3 is 2.44 bits per heavy atom. The Morgan fingerprint density at radius 1 is 1.39 bits per heavy atom. The molecule has 0 bridgehead atoms. The van der Waals surface area contributed by atoms with E-state index in [1.165, 1.54) is 14.2 Å². The number of rotatable bonds is 3. The van der Waals surface area contributed by atoms with Crippen LogP contribution in [-0.4, -0.2) is 20.2 Å². The number of methoxy groups -OCH3 is 2. The van der Waals surface area contributed by atoms with Crippen molar-refractivity contribution in [1.29, 1.82) is 5.26 Å². The van der Waals surface area contributed by atoms with Gasteiger partial charge in [0.2, 0.25) is 0 Å². The average molecular weight is 312 g/mol. The van der Waals surface area contributed by atoms with Crippen LogP contribution >= 0.6 is 15.9 Å². The molecule has 18 heavy (non-hydrogen) atoms. The molecular weight excluding hydrogens is 298 g/mol. The fourth-order valence-electron chi connectivity index (χ4n) is 1.57. The normalized spacial score (nSPS) is 10.7. The molecule has 0 aliphatic rings. The minimum absolute atomic E-state index is 0.358. The highest BCUT2D eigenvalue weighted by Crippen LogP contribution is 2.35. The second-order valence-electron chi connectivity index (χ2n) is 4.26. The summed E-state index contributed by atoms with van der Waals surface area (Å²) < 4.78 is 10.6. The maximum atomic E-state index is 11.8. The fourth-order valence-corrected chi connectivity index (χ4v) is 2.07. The number of halogens is 1. The molecule has 0 fully saturated rings. The molecule has 0 aliphatic heterocycles. The first-order chi connectivity index (χ1) is 8.37. The van der Waals surface area contributed by atoms with E-state index in [1.807, 2.05) is 0 Å². The molecule has 5 heteroatoms. The summed E-state index contributed by atoms with van der Waals surface area (Å²) in [4.78, 5) is 11.8. The van der Waals surface area contributed by atoms with Gasteiger partial charge in [0.15, 0.2) is 0 Å². The van der Waals surface area contributed by atoms with Gasteiger partial charge in [-0.15, -0.1) is 0 Å². The Morgan fingerprint density at radius 2 is 2.00 bits per heavy atom. The first-order valence-electron chi connectivity index (χ1n) is 5.25. The van der Waals surface area contributed by atoms with E-state index in [2.05, 4.69) is 22.0 Å².